The number of aryl methyl sites for hydroxylation is 1. The standard InChI is InChI=1S/C28H34N2O3/c1-4-20(3)29-27(31)23-15-13-21(14-16-23)17-26-28(32)30(18-22-11-9-19(2)10-12-22)24-7-5-6-8-25(24)33-26/h9-17,20,24-25H,4-8,18H2,1-3H3,(H,29,31)/b26-17+. The van der Waals surface area contributed by atoms with Crippen molar-refractivity contribution in [3.63, 3.8) is 0 Å². The van der Waals surface area contributed by atoms with Gasteiger partial charge in [0.05, 0.1) is 6.04 Å². The molecule has 0 bridgehead atoms. The van der Waals surface area contributed by atoms with E-state index in [2.05, 4.69) is 36.5 Å². The highest BCUT2D eigenvalue weighted by atomic mass is 16.5. The van der Waals surface area contributed by atoms with Gasteiger partial charge < -0.3 is 15.0 Å². The van der Waals surface area contributed by atoms with Crippen LogP contribution in [0.2, 0.25) is 0 Å². The van der Waals surface area contributed by atoms with Gasteiger partial charge in [0.25, 0.3) is 11.8 Å². The number of nitrogens with one attached hydrogen (secondary N) is 1. The van der Waals surface area contributed by atoms with E-state index in [1.54, 1.807) is 12.1 Å². The molecular weight excluding hydrogens is 412 g/mol. The Bertz CT molecular complexity index is 1010. The molecule has 1 N–H and O–H groups in total. The van der Waals surface area contributed by atoms with Crippen molar-refractivity contribution in [2.75, 3.05) is 0 Å². The maximum absolute atomic E-state index is 13.5. The van der Waals surface area contributed by atoms with Gasteiger partial charge in [-0.25, -0.2) is 0 Å². The summed E-state index contributed by atoms with van der Waals surface area (Å²) in [6, 6.07) is 16.0. The highest BCUT2D eigenvalue weighted by Gasteiger charge is 2.41. The second-order valence-corrected chi connectivity index (χ2v) is 9.34. The molecule has 1 aliphatic heterocycles. The number of hydrogen-bond acceptors (Lipinski definition) is 3. The first kappa shape index (κ1) is 23.1. The lowest BCUT2D eigenvalue weighted by Crippen LogP contribution is -2.54. The van der Waals surface area contributed by atoms with Crippen molar-refractivity contribution in [2.45, 2.75) is 77.6 Å². The molecular formula is C28H34N2O3. The van der Waals surface area contributed by atoms with Crippen molar-refractivity contribution in [3.05, 3.63) is 76.5 Å². The maximum atomic E-state index is 13.5. The molecule has 1 saturated heterocycles. The van der Waals surface area contributed by atoms with E-state index in [1.165, 1.54) is 5.56 Å². The smallest absolute Gasteiger partial charge is 0.289 e. The maximum Gasteiger partial charge on any atom is 0.289 e. The van der Waals surface area contributed by atoms with Gasteiger partial charge in [0, 0.05) is 18.2 Å². The van der Waals surface area contributed by atoms with Crippen LogP contribution < -0.4 is 5.32 Å². The molecule has 0 radical (unpaired) electrons. The van der Waals surface area contributed by atoms with Crippen LogP contribution in [0.3, 0.4) is 0 Å². The predicted octanol–water partition coefficient (Wildman–Crippen LogP) is 5.23. The number of carbonyl (C=O) groups excluding carboxylic acids is 2. The average Bonchev–Trinajstić information content (AvgIpc) is 2.83. The van der Waals surface area contributed by atoms with Gasteiger partial charge in [0.1, 0.15) is 6.10 Å². The van der Waals surface area contributed by atoms with Gasteiger partial charge in [-0.05, 0) is 68.9 Å². The van der Waals surface area contributed by atoms with Crippen LogP contribution in [0.1, 0.15) is 73.0 Å². The fourth-order valence-corrected chi connectivity index (χ4v) is 4.54. The Labute approximate surface area is 196 Å². The number of benzene rings is 2. The lowest BCUT2D eigenvalue weighted by molar-refractivity contribution is -0.149. The molecule has 2 fully saturated rings. The number of nitrogens with zero attached hydrogens (tertiary/aromatic N) is 1. The SMILES string of the molecule is CCC(C)NC(=O)c1ccc(/C=C2/OC3CCCCC3N(Cc3ccc(C)cc3)C2=O)cc1. The van der Waals surface area contributed by atoms with Crippen LogP contribution in [0.4, 0.5) is 0 Å². The van der Waals surface area contributed by atoms with Crippen LogP contribution in [0.15, 0.2) is 54.3 Å². The molecule has 1 aliphatic carbocycles. The van der Waals surface area contributed by atoms with E-state index in [0.29, 0.717) is 17.9 Å². The summed E-state index contributed by atoms with van der Waals surface area (Å²) in [6.45, 7) is 6.70. The number of carbonyl (C=O) groups is 2. The molecule has 4 rings (SSSR count). The Morgan fingerprint density at radius 1 is 1.12 bits per heavy atom. The molecule has 5 heteroatoms. The zero-order valence-corrected chi connectivity index (χ0v) is 19.8. The molecule has 2 aromatic carbocycles. The summed E-state index contributed by atoms with van der Waals surface area (Å²) < 4.78 is 6.23. The second-order valence-electron chi connectivity index (χ2n) is 9.34. The molecule has 33 heavy (non-hydrogen) atoms. The van der Waals surface area contributed by atoms with E-state index >= 15 is 0 Å². The van der Waals surface area contributed by atoms with Crippen molar-refractivity contribution >= 4 is 17.9 Å². The first-order chi connectivity index (χ1) is 15.9. The molecule has 3 atom stereocenters. The Balaban J connectivity index is 1.54. The molecule has 0 spiro atoms. The molecule has 2 aliphatic rings. The highest BCUT2D eigenvalue weighted by Crippen LogP contribution is 2.34. The lowest BCUT2D eigenvalue weighted by atomic mass is 9.89. The number of ether oxygens (including phenoxy) is 1. The third-order valence-corrected chi connectivity index (χ3v) is 6.75. The van der Waals surface area contributed by atoms with Crippen LogP contribution in [-0.4, -0.2) is 34.9 Å². The minimum atomic E-state index is -0.0807. The van der Waals surface area contributed by atoms with Crippen LogP contribution in [0.5, 0.6) is 0 Å². The van der Waals surface area contributed by atoms with E-state index in [0.717, 1.165) is 43.2 Å². The highest BCUT2D eigenvalue weighted by molar-refractivity contribution is 5.97. The second kappa shape index (κ2) is 10.2. The Kier molecular flexibility index (Phi) is 7.17. The van der Waals surface area contributed by atoms with Crippen molar-refractivity contribution in [1.82, 2.24) is 10.2 Å². The average molecular weight is 447 g/mol. The third kappa shape index (κ3) is 5.47. The van der Waals surface area contributed by atoms with Gasteiger partial charge in [0.2, 0.25) is 0 Å². The molecule has 0 aromatic heterocycles. The van der Waals surface area contributed by atoms with Gasteiger partial charge >= 0.3 is 0 Å². The molecule has 1 heterocycles. The third-order valence-electron chi connectivity index (χ3n) is 6.75. The normalized spacial score (nSPS) is 22.5. The topological polar surface area (TPSA) is 58.6 Å². The van der Waals surface area contributed by atoms with Crippen LogP contribution in [-0.2, 0) is 16.1 Å². The molecule has 1 saturated carbocycles. The van der Waals surface area contributed by atoms with Gasteiger partial charge in [-0.2, -0.15) is 0 Å². The summed E-state index contributed by atoms with van der Waals surface area (Å²) in [5, 5.41) is 2.98. The summed E-state index contributed by atoms with van der Waals surface area (Å²) in [4.78, 5) is 27.8. The number of amides is 2. The molecule has 2 aromatic rings. The fourth-order valence-electron chi connectivity index (χ4n) is 4.54. The first-order valence-electron chi connectivity index (χ1n) is 12.1. The number of fused-ring (bicyclic) bond motifs is 1. The predicted molar refractivity (Wildman–Crippen MR) is 130 cm³/mol. The van der Waals surface area contributed by atoms with Gasteiger partial charge in [-0.15, -0.1) is 0 Å². The van der Waals surface area contributed by atoms with Crippen LogP contribution in [0.25, 0.3) is 6.08 Å². The van der Waals surface area contributed by atoms with Gasteiger partial charge in [-0.3, -0.25) is 9.59 Å². The summed E-state index contributed by atoms with van der Waals surface area (Å²) in [7, 11) is 0. The summed E-state index contributed by atoms with van der Waals surface area (Å²) in [6.07, 6.45) is 6.93. The fraction of sp³-hybridized carbons (Fsp3) is 0.429. The Morgan fingerprint density at radius 2 is 1.82 bits per heavy atom. The summed E-state index contributed by atoms with van der Waals surface area (Å²) >= 11 is 0. The zero-order valence-electron chi connectivity index (χ0n) is 19.8. The van der Waals surface area contributed by atoms with Crippen molar-refractivity contribution in [2.24, 2.45) is 0 Å². The van der Waals surface area contributed by atoms with E-state index in [1.807, 2.05) is 37.0 Å². The van der Waals surface area contributed by atoms with Gasteiger partial charge in [-0.1, -0.05) is 55.3 Å². The van der Waals surface area contributed by atoms with Crippen molar-refractivity contribution in [3.8, 4) is 0 Å². The largest absolute Gasteiger partial charge is 0.482 e. The zero-order chi connectivity index (χ0) is 23.4. The molecule has 174 valence electrons. The van der Waals surface area contributed by atoms with Crippen molar-refractivity contribution in [1.29, 1.82) is 0 Å². The molecule has 3 unspecified atom stereocenters. The lowest BCUT2D eigenvalue weighted by Gasteiger charge is -2.44. The van der Waals surface area contributed by atoms with E-state index in [4.69, 9.17) is 4.74 Å². The van der Waals surface area contributed by atoms with E-state index in [9.17, 15) is 9.59 Å². The molecule has 5 nitrogen and oxygen atoms in total. The van der Waals surface area contributed by atoms with Crippen molar-refractivity contribution < 1.29 is 14.3 Å². The minimum absolute atomic E-state index is 0.0359. The number of morpholine rings is 1. The quantitative estimate of drug-likeness (QED) is 0.618. The summed E-state index contributed by atoms with van der Waals surface area (Å²) in [5.41, 5.74) is 3.81. The van der Waals surface area contributed by atoms with Crippen LogP contribution >= 0.6 is 0 Å². The van der Waals surface area contributed by atoms with Crippen LogP contribution in [0, 0.1) is 6.92 Å². The van der Waals surface area contributed by atoms with Gasteiger partial charge in [0.15, 0.2) is 5.76 Å². The van der Waals surface area contributed by atoms with E-state index in [-0.39, 0.29) is 30.0 Å². The Morgan fingerprint density at radius 3 is 2.52 bits per heavy atom. The van der Waals surface area contributed by atoms with E-state index < -0.39 is 0 Å². The number of rotatable bonds is 6. The first-order valence-corrected chi connectivity index (χ1v) is 12.1. The number of hydrogen-bond donors (Lipinski definition) is 1. The summed E-state index contributed by atoms with van der Waals surface area (Å²) in [5.74, 6) is 0.252. The minimum Gasteiger partial charge on any atom is -0.482 e. The molecule has 2 amide bonds. The Hall–Kier alpha value is -3.08. The monoisotopic (exact) mass is 446 g/mol.